The van der Waals surface area contributed by atoms with Crippen LogP contribution in [-0.2, 0) is 0 Å². The smallest absolute Gasteiger partial charge is 0.268 e. The number of carbonyl (C=O) groups excluding carboxylic acids is 1. The van der Waals surface area contributed by atoms with Crippen LogP contribution in [-0.4, -0.2) is 27.7 Å². The van der Waals surface area contributed by atoms with Crippen LogP contribution in [0.15, 0.2) is 18.3 Å². The summed E-state index contributed by atoms with van der Waals surface area (Å²) in [6.07, 6.45) is 9.04. The van der Waals surface area contributed by atoms with Gasteiger partial charge in [0.2, 0.25) is 0 Å². The molecule has 2 saturated carbocycles. The van der Waals surface area contributed by atoms with Crippen molar-refractivity contribution >= 4 is 5.91 Å². The second kappa shape index (κ2) is 5.37. The van der Waals surface area contributed by atoms with Gasteiger partial charge in [-0.25, -0.2) is 0 Å². The summed E-state index contributed by atoms with van der Waals surface area (Å²) in [4.78, 5) is 12.3. The first-order valence-corrected chi connectivity index (χ1v) is 7.41. The van der Waals surface area contributed by atoms with Gasteiger partial charge in [0, 0.05) is 12.2 Å². The number of amides is 1. The van der Waals surface area contributed by atoms with E-state index in [4.69, 9.17) is 0 Å². The lowest BCUT2D eigenvalue weighted by atomic mass is 9.92. The quantitative estimate of drug-likeness (QED) is 0.877. The number of aliphatic hydroxyl groups excluding tert-OH is 1. The van der Waals surface area contributed by atoms with Crippen LogP contribution in [0, 0.1) is 0 Å². The maximum Gasteiger partial charge on any atom is 0.268 e. The fraction of sp³-hybridized carbons (Fsp3) is 0.667. The van der Waals surface area contributed by atoms with Crippen molar-refractivity contribution in [3.05, 3.63) is 24.0 Å². The molecule has 4 heteroatoms. The molecule has 0 aliphatic heterocycles. The Bertz CT molecular complexity index is 451. The topological polar surface area (TPSA) is 54.3 Å². The van der Waals surface area contributed by atoms with E-state index in [1.54, 1.807) is 0 Å². The zero-order valence-corrected chi connectivity index (χ0v) is 11.2. The molecule has 2 N–H and O–H groups in total. The van der Waals surface area contributed by atoms with Crippen molar-refractivity contribution in [1.29, 1.82) is 0 Å². The Morgan fingerprint density at radius 1 is 1.21 bits per heavy atom. The molecule has 0 saturated heterocycles. The molecule has 1 heterocycles. The minimum atomic E-state index is -0.384. The zero-order valence-electron chi connectivity index (χ0n) is 11.2. The summed E-state index contributed by atoms with van der Waals surface area (Å²) in [5, 5.41) is 12.9. The normalized spacial score (nSPS) is 27.8. The summed E-state index contributed by atoms with van der Waals surface area (Å²) in [7, 11) is 0. The highest BCUT2D eigenvalue weighted by Crippen LogP contribution is 2.32. The molecule has 104 valence electrons. The van der Waals surface area contributed by atoms with E-state index in [0.717, 1.165) is 31.4 Å². The van der Waals surface area contributed by atoms with Gasteiger partial charge in [-0.05, 0) is 44.2 Å². The molecule has 2 aliphatic rings. The monoisotopic (exact) mass is 262 g/mol. The van der Waals surface area contributed by atoms with Crippen LogP contribution in [0.3, 0.4) is 0 Å². The van der Waals surface area contributed by atoms with Gasteiger partial charge in [0.1, 0.15) is 5.69 Å². The van der Waals surface area contributed by atoms with Crippen LogP contribution in [0.1, 0.15) is 61.5 Å². The first-order valence-electron chi connectivity index (χ1n) is 7.41. The summed E-state index contributed by atoms with van der Waals surface area (Å²) in [6.45, 7) is 0. The van der Waals surface area contributed by atoms with E-state index in [1.807, 2.05) is 18.3 Å². The Labute approximate surface area is 113 Å². The van der Waals surface area contributed by atoms with E-state index in [1.165, 1.54) is 19.3 Å². The molecule has 0 spiro atoms. The third-order valence-corrected chi connectivity index (χ3v) is 4.53. The van der Waals surface area contributed by atoms with Crippen molar-refractivity contribution in [1.82, 2.24) is 9.88 Å². The van der Waals surface area contributed by atoms with Gasteiger partial charge >= 0.3 is 0 Å². The highest BCUT2D eigenvalue weighted by atomic mass is 16.3. The van der Waals surface area contributed by atoms with E-state index in [-0.39, 0.29) is 18.1 Å². The number of rotatable bonds is 3. The fourth-order valence-electron chi connectivity index (χ4n) is 3.09. The van der Waals surface area contributed by atoms with Crippen molar-refractivity contribution in [2.24, 2.45) is 0 Å². The molecule has 2 unspecified atom stereocenters. The Balaban J connectivity index is 1.68. The number of carbonyl (C=O) groups is 1. The number of aromatic nitrogens is 1. The number of hydrogen-bond acceptors (Lipinski definition) is 2. The molecule has 1 amide bonds. The largest absolute Gasteiger partial charge is 0.391 e. The van der Waals surface area contributed by atoms with Crippen LogP contribution in [0.25, 0.3) is 0 Å². The fourth-order valence-corrected chi connectivity index (χ4v) is 3.09. The zero-order chi connectivity index (χ0) is 13.2. The third-order valence-electron chi connectivity index (χ3n) is 4.53. The lowest BCUT2D eigenvalue weighted by Crippen LogP contribution is -2.45. The second-order valence-corrected chi connectivity index (χ2v) is 5.82. The average Bonchev–Trinajstić information content (AvgIpc) is 2.79. The van der Waals surface area contributed by atoms with Crippen LogP contribution in [0.4, 0.5) is 0 Å². The van der Waals surface area contributed by atoms with Crippen molar-refractivity contribution < 1.29 is 9.90 Å². The molecular formula is C15H22N2O2. The maximum absolute atomic E-state index is 12.3. The van der Waals surface area contributed by atoms with Crippen LogP contribution in [0.2, 0.25) is 0 Å². The van der Waals surface area contributed by atoms with Crippen molar-refractivity contribution in [2.45, 2.75) is 63.1 Å². The van der Waals surface area contributed by atoms with E-state index >= 15 is 0 Å². The molecule has 2 atom stereocenters. The van der Waals surface area contributed by atoms with Gasteiger partial charge in [-0.15, -0.1) is 0 Å². The average molecular weight is 262 g/mol. The SMILES string of the molecule is O=C(NC1CCCCC1O)c1cccn1C1CCC1. The first kappa shape index (κ1) is 12.7. The second-order valence-electron chi connectivity index (χ2n) is 5.82. The number of hydrogen-bond donors (Lipinski definition) is 2. The molecular weight excluding hydrogens is 240 g/mol. The van der Waals surface area contributed by atoms with Gasteiger partial charge in [-0.2, -0.15) is 0 Å². The number of nitrogens with zero attached hydrogens (tertiary/aromatic N) is 1. The van der Waals surface area contributed by atoms with E-state index < -0.39 is 0 Å². The summed E-state index contributed by atoms with van der Waals surface area (Å²) in [6, 6.07) is 4.23. The summed E-state index contributed by atoms with van der Waals surface area (Å²) >= 11 is 0. The van der Waals surface area contributed by atoms with Gasteiger partial charge < -0.3 is 15.0 Å². The predicted octanol–water partition coefficient (Wildman–Crippen LogP) is 2.25. The van der Waals surface area contributed by atoms with E-state index in [0.29, 0.717) is 6.04 Å². The molecule has 0 radical (unpaired) electrons. The standard InChI is InChI=1S/C15H22N2O2/c18-14-9-2-1-7-12(14)16-15(19)13-8-4-10-17(13)11-5-3-6-11/h4,8,10-12,14,18H,1-3,5-7,9H2,(H,16,19). The predicted molar refractivity (Wildman–Crippen MR) is 73.0 cm³/mol. The number of nitrogens with one attached hydrogen (secondary N) is 1. The lowest BCUT2D eigenvalue weighted by molar-refractivity contribution is 0.0707. The van der Waals surface area contributed by atoms with Crippen molar-refractivity contribution in [3.8, 4) is 0 Å². The Kier molecular flexibility index (Phi) is 3.60. The van der Waals surface area contributed by atoms with Crippen molar-refractivity contribution in [2.75, 3.05) is 0 Å². The van der Waals surface area contributed by atoms with Crippen LogP contribution in [0.5, 0.6) is 0 Å². The van der Waals surface area contributed by atoms with Gasteiger partial charge in [-0.1, -0.05) is 12.8 Å². The molecule has 0 aromatic carbocycles. The van der Waals surface area contributed by atoms with Gasteiger partial charge in [0.05, 0.1) is 12.1 Å². The van der Waals surface area contributed by atoms with Crippen molar-refractivity contribution in [3.63, 3.8) is 0 Å². The van der Waals surface area contributed by atoms with E-state index in [9.17, 15) is 9.90 Å². The Hall–Kier alpha value is -1.29. The highest BCUT2D eigenvalue weighted by molar-refractivity contribution is 5.93. The van der Waals surface area contributed by atoms with Crippen LogP contribution >= 0.6 is 0 Å². The van der Waals surface area contributed by atoms with E-state index in [2.05, 4.69) is 9.88 Å². The maximum atomic E-state index is 12.3. The van der Waals surface area contributed by atoms with Crippen LogP contribution < -0.4 is 5.32 Å². The molecule has 3 rings (SSSR count). The Morgan fingerprint density at radius 2 is 2.00 bits per heavy atom. The molecule has 2 aliphatic carbocycles. The highest BCUT2D eigenvalue weighted by Gasteiger charge is 2.27. The minimum absolute atomic E-state index is 0.0390. The van der Waals surface area contributed by atoms with Gasteiger partial charge in [0.15, 0.2) is 0 Å². The van der Waals surface area contributed by atoms with Gasteiger partial charge in [-0.3, -0.25) is 4.79 Å². The molecule has 1 aromatic rings. The molecule has 1 aromatic heterocycles. The minimum Gasteiger partial charge on any atom is -0.391 e. The summed E-state index contributed by atoms with van der Waals surface area (Å²) in [5.41, 5.74) is 0.738. The number of aliphatic hydroxyl groups is 1. The summed E-state index contributed by atoms with van der Waals surface area (Å²) in [5.74, 6) is -0.0390. The first-order chi connectivity index (χ1) is 9.25. The van der Waals surface area contributed by atoms with Gasteiger partial charge in [0.25, 0.3) is 5.91 Å². The molecule has 0 bridgehead atoms. The molecule has 2 fully saturated rings. The Morgan fingerprint density at radius 3 is 2.68 bits per heavy atom. The molecule has 19 heavy (non-hydrogen) atoms. The summed E-state index contributed by atoms with van der Waals surface area (Å²) < 4.78 is 2.09. The lowest BCUT2D eigenvalue weighted by Gasteiger charge is -2.31. The third kappa shape index (κ3) is 2.54. The molecule has 4 nitrogen and oxygen atoms in total.